The Kier molecular flexibility index (Phi) is 11.5. The molecule has 0 saturated heterocycles. The number of rotatable bonds is 12. The molecule has 1 heteroatoms. The standard InChI is InChI=1S/C17H39P/c1-6-10-14-18(15-11-7-2,16-12-8-3)17(5)13-9-4/h17-18H,6-16H2,1-5H3. The monoisotopic (exact) mass is 274 g/mol. The normalized spacial score (nSPS) is 14.7. The molecule has 1 atom stereocenters. The van der Waals surface area contributed by atoms with E-state index in [1.54, 1.807) is 18.5 Å². The number of unbranched alkanes of at least 4 members (excludes halogenated alkanes) is 3. The van der Waals surface area contributed by atoms with Gasteiger partial charge in [-0.2, -0.15) is 0 Å². The van der Waals surface area contributed by atoms with Crippen LogP contribution in [-0.2, 0) is 0 Å². The van der Waals surface area contributed by atoms with Crippen molar-refractivity contribution in [3.05, 3.63) is 0 Å². The molecule has 0 aliphatic heterocycles. The predicted molar refractivity (Wildman–Crippen MR) is 92.0 cm³/mol. The van der Waals surface area contributed by atoms with Gasteiger partial charge in [-0.05, 0) is 0 Å². The van der Waals surface area contributed by atoms with Crippen LogP contribution in [0.15, 0.2) is 0 Å². The number of hydrogen-bond acceptors (Lipinski definition) is 0. The minimum absolute atomic E-state index is 0.983. The maximum atomic E-state index is 2.59. The van der Waals surface area contributed by atoms with Crippen LogP contribution in [0.2, 0.25) is 0 Å². The van der Waals surface area contributed by atoms with Crippen molar-refractivity contribution in [3.8, 4) is 0 Å². The zero-order chi connectivity index (χ0) is 13.9. The van der Waals surface area contributed by atoms with E-state index in [4.69, 9.17) is 0 Å². The van der Waals surface area contributed by atoms with E-state index < -0.39 is 7.26 Å². The molecule has 0 amide bonds. The van der Waals surface area contributed by atoms with E-state index in [9.17, 15) is 0 Å². The average Bonchev–Trinajstić information content (AvgIpc) is 2.38. The van der Waals surface area contributed by atoms with Gasteiger partial charge in [0.25, 0.3) is 0 Å². The van der Waals surface area contributed by atoms with E-state index in [-0.39, 0.29) is 0 Å². The second-order valence-electron chi connectivity index (χ2n) is 6.36. The first-order valence-electron chi connectivity index (χ1n) is 8.66. The minimum atomic E-state index is -0.983. The fraction of sp³-hybridized carbons (Fsp3) is 1.00. The van der Waals surface area contributed by atoms with Crippen LogP contribution in [0, 0.1) is 0 Å². The molecule has 0 fully saturated rings. The molecule has 0 radical (unpaired) electrons. The summed E-state index contributed by atoms with van der Waals surface area (Å²) in [6, 6.07) is 0. The summed E-state index contributed by atoms with van der Waals surface area (Å²) in [5.74, 6) is 0. The van der Waals surface area contributed by atoms with Gasteiger partial charge in [0.1, 0.15) is 0 Å². The van der Waals surface area contributed by atoms with Crippen molar-refractivity contribution in [3.63, 3.8) is 0 Å². The van der Waals surface area contributed by atoms with Crippen molar-refractivity contribution < 1.29 is 0 Å². The first-order chi connectivity index (χ1) is 8.66. The van der Waals surface area contributed by atoms with E-state index in [1.165, 1.54) is 51.4 Å². The molecule has 18 heavy (non-hydrogen) atoms. The van der Waals surface area contributed by atoms with E-state index in [1.807, 2.05) is 0 Å². The Labute approximate surface area is 118 Å². The van der Waals surface area contributed by atoms with Crippen molar-refractivity contribution in [1.82, 2.24) is 0 Å². The van der Waals surface area contributed by atoms with E-state index in [2.05, 4.69) is 34.6 Å². The molecule has 0 nitrogen and oxygen atoms in total. The third-order valence-electron chi connectivity index (χ3n) is 4.85. The summed E-state index contributed by atoms with van der Waals surface area (Å²) in [6.45, 7) is 12.1. The Hall–Kier alpha value is 0.430. The third kappa shape index (κ3) is 6.55. The van der Waals surface area contributed by atoms with Crippen LogP contribution in [-0.4, -0.2) is 24.1 Å². The van der Waals surface area contributed by atoms with Gasteiger partial charge >= 0.3 is 117 Å². The third-order valence-corrected chi connectivity index (χ3v) is 11.3. The molecule has 0 heterocycles. The predicted octanol–water partition coefficient (Wildman–Crippen LogP) is 6.33. The SMILES string of the molecule is CCCC[PH](CCCC)(CCCC)C(C)CCC. The fourth-order valence-corrected chi connectivity index (χ4v) is 9.74. The summed E-state index contributed by atoms with van der Waals surface area (Å²) >= 11 is 0. The summed E-state index contributed by atoms with van der Waals surface area (Å²) in [5.41, 5.74) is 1.06. The molecule has 0 aromatic rings. The van der Waals surface area contributed by atoms with Crippen LogP contribution in [0.25, 0.3) is 0 Å². The fourth-order valence-electron chi connectivity index (χ4n) is 3.44. The molecule has 0 spiro atoms. The molecule has 0 aromatic heterocycles. The van der Waals surface area contributed by atoms with Gasteiger partial charge in [-0.15, -0.1) is 0 Å². The van der Waals surface area contributed by atoms with E-state index >= 15 is 0 Å². The molecular weight excluding hydrogens is 235 g/mol. The molecule has 0 aliphatic rings. The molecule has 0 N–H and O–H groups in total. The summed E-state index contributed by atoms with van der Waals surface area (Å²) in [6.07, 6.45) is 16.4. The first-order valence-corrected chi connectivity index (χ1v) is 11.4. The van der Waals surface area contributed by atoms with Crippen molar-refractivity contribution in [1.29, 1.82) is 0 Å². The van der Waals surface area contributed by atoms with E-state index in [0.29, 0.717) is 0 Å². The van der Waals surface area contributed by atoms with Crippen LogP contribution in [0.4, 0.5) is 0 Å². The summed E-state index contributed by atoms with van der Waals surface area (Å²) in [5, 5.41) is 0. The van der Waals surface area contributed by atoms with E-state index in [0.717, 1.165) is 5.66 Å². The zero-order valence-corrected chi connectivity index (χ0v) is 14.9. The molecule has 0 saturated carbocycles. The Morgan fingerprint density at radius 2 is 1.06 bits per heavy atom. The van der Waals surface area contributed by atoms with Crippen LogP contribution >= 0.6 is 7.26 Å². The van der Waals surface area contributed by atoms with Crippen molar-refractivity contribution in [2.24, 2.45) is 0 Å². The molecule has 0 aliphatic carbocycles. The van der Waals surface area contributed by atoms with Crippen LogP contribution in [0.3, 0.4) is 0 Å². The van der Waals surface area contributed by atoms with Gasteiger partial charge in [0.15, 0.2) is 0 Å². The Morgan fingerprint density at radius 3 is 1.33 bits per heavy atom. The van der Waals surface area contributed by atoms with Gasteiger partial charge in [-0.3, -0.25) is 0 Å². The molecule has 0 bridgehead atoms. The Balaban J connectivity index is 4.72. The van der Waals surface area contributed by atoms with Crippen molar-refractivity contribution >= 4 is 7.26 Å². The molecule has 112 valence electrons. The van der Waals surface area contributed by atoms with Crippen LogP contribution in [0.1, 0.15) is 86.0 Å². The van der Waals surface area contributed by atoms with Gasteiger partial charge in [0.05, 0.1) is 0 Å². The van der Waals surface area contributed by atoms with Crippen molar-refractivity contribution in [2.75, 3.05) is 18.5 Å². The molecule has 1 unspecified atom stereocenters. The van der Waals surface area contributed by atoms with Gasteiger partial charge < -0.3 is 0 Å². The number of hydrogen-bond donors (Lipinski definition) is 0. The molecule has 0 aromatic carbocycles. The summed E-state index contributed by atoms with van der Waals surface area (Å²) < 4.78 is 0. The Morgan fingerprint density at radius 1 is 0.667 bits per heavy atom. The maximum absolute atomic E-state index is 2.59. The van der Waals surface area contributed by atoms with Crippen LogP contribution in [0.5, 0.6) is 0 Å². The second kappa shape index (κ2) is 11.3. The van der Waals surface area contributed by atoms with Crippen molar-refractivity contribution in [2.45, 2.75) is 91.6 Å². The molecular formula is C17H39P. The second-order valence-corrected chi connectivity index (χ2v) is 11.6. The van der Waals surface area contributed by atoms with Crippen LogP contribution < -0.4 is 0 Å². The molecule has 0 rings (SSSR count). The Bertz CT molecular complexity index is 155. The zero-order valence-electron chi connectivity index (χ0n) is 13.9. The van der Waals surface area contributed by atoms with Gasteiger partial charge in [-0.25, -0.2) is 0 Å². The summed E-state index contributed by atoms with van der Waals surface area (Å²) in [7, 11) is -0.983. The average molecular weight is 274 g/mol. The van der Waals surface area contributed by atoms with Gasteiger partial charge in [-0.1, -0.05) is 0 Å². The topological polar surface area (TPSA) is 0 Å². The summed E-state index contributed by atoms with van der Waals surface area (Å²) in [4.78, 5) is 0. The van der Waals surface area contributed by atoms with Gasteiger partial charge in [0.2, 0.25) is 0 Å². The quantitative estimate of drug-likeness (QED) is 0.365. The van der Waals surface area contributed by atoms with Gasteiger partial charge in [0, 0.05) is 0 Å². The first kappa shape index (κ1) is 18.4.